The number of alkyl halides is 3. The number of aliphatic hydroxyl groups is 1. The Balaban J connectivity index is 3.12. The Bertz CT molecular complexity index is 413. The molecule has 1 aromatic carbocycles. The van der Waals surface area contributed by atoms with E-state index in [1.165, 1.54) is 12.1 Å². The molecule has 102 valence electrons. The van der Waals surface area contributed by atoms with Crippen molar-refractivity contribution in [3.63, 3.8) is 0 Å². The number of benzene rings is 1. The largest absolute Gasteiger partial charge is 0.416 e. The van der Waals surface area contributed by atoms with Crippen LogP contribution in [-0.2, 0) is 6.18 Å². The van der Waals surface area contributed by atoms with Gasteiger partial charge in [0.15, 0.2) is 0 Å². The Morgan fingerprint density at radius 3 is 2.17 bits per heavy atom. The molecule has 0 heterocycles. The summed E-state index contributed by atoms with van der Waals surface area (Å²) in [6.07, 6.45) is -5.38. The molecule has 1 N–H and O–H groups in total. The molecule has 0 fully saturated rings. The molecule has 0 aromatic heterocycles. The molecule has 0 aliphatic heterocycles. The lowest BCUT2D eigenvalue weighted by Crippen LogP contribution is -2.43. The van der Waals surface area contributed by atoms with Crippen LogP contribution in [0.3, 0.4) is 0 Å². The van der Waals surface area contributed by atoms with E-state index in [1.54, 1.807) is 32.8 Å². The highest BCUT2D eigenvalue weighted by Crippen LogP contribution is 2.34. The van der Waals surface area contributed by atoms with Crippen molar-refractivity contribution in [2.75, 3.05) is 14.1 Å². The highest BCUT2D eigenvalue weighted by atomic mass is 19.4. The van der Waals surface area contributed by atoms with Crippen molar-refractivity contribution in [1.82, 2.24) is 4.90 Å². The van der Waals surface area contributed by atoms with Crippen LogP contribution in [0.2, 0.25) is 0 Å². The third-order valence-electron chi connectivity index (χ3n) is 3.35. The first kappa shape index (κ1) is 15.0. The zero-order valence-corrected chi connectivity index (χ0v) is 10.9. The maximum absolute atomic E-state index is 12.6. The number of aliphatic hydroxyl groups excluding tert-OH is 1. The van der Waals surface area contributed by atoms with E-state index in [1.807, 2.05) is 0 Å². The van der Waals surface area contributed by atoms with Crippen LogP contribution in [0.25, 0.3) is 0 Å². The summed E-state index contributed by atoms with van der Waals surface area (Å²) in [4.78, 5) is 1.78. The summed E-state index contributed by atoms with van der Waals surface area (Å²) in [5, 5.41) is 10.2. The summed E-state index contributed by atoms with van der Waals surface area (Å²) in [6.45, 7) is 3.55. The number of hydrogen-bond acceptors (Lipinski definition) is 2. The summed E-state index contributed by atoms with van der Waals surface area (Å²) in [5.74, 6) is 0. The van der Waals surface area contributed by atoms with Crippen molar-refractivity contribution in [3.05, 3.63) is 35.4 Å². The van der Waals surface area contributed by atoms with Crippen molar-refractivity contribution >= 4 is 0 Å². The molecule has 2 nitrogen and oxygen atoms in total. The Morgan fingerprint density at radius 2 is 1.72 bits per heavy atom. The molecule has 1 atom stereocenters. The minimum atomic E-state index is -4.39. The lowest BCUT2D eigenvalue weighted by molar-refractivity contribution is -0.137. The highest BCUT2D eigenvalue weighted by molar-refractivity contribution is 5.28. The van der Waals surface area contributed by atoms with Gasteiger partial charge in [-0.3, -0.25) is 0 Å². The Morgan fingerprint density at radius 1 is 1.17 bits per heavy atom. The topological polar surface area (TPSA) is 23.5 Å². The minimum Gasteiger partial charge on any atom is -0.386 e. The first-order valence-corrected chi connectivity index (χ1v) is 5.59. The number of hydrogen-bond donors (Lipinski definition) is 1. The number of rotatable bonds is 3. The smallest absolute Gasteiger partial charge is 0.386 e. The van der Waals surface area contributed by atoms with E-state index in [2.05, 4.69) is 0 Å². The zero-order chi connectivity index (χ0) is 14.1. The molecular weight excluding hydrogens is 243 g/mol. The molecule has 0 saturated carbocycles. The number of nitrogens with zero attached hydrogens (tertiary/aromatic N) is 1. The van der Waals surface area contributed by atoms with Crippen LogP contribution in [0.5, 0.6) is 0 Å². The van der Waals surface area contributed by atoms with Gasteiger partial charge in [-0.15, -0.1) is 0 Å². The molecule has 0 spiro atoms. The van der Waals surface area contributed by atoms with Crippen LogP contribution in [0.1, 0.15) is 31.1 Å². The van der Waals surface area contributed by atoms with Crippen molar-refractivity contribution in [2.24, 2.45) is 0 Å². The second-order valence-electron chi connectivity index (χ2n) is 5.07. The van der Waals surface area contributed by atoms with E-state index in [9.17, 15) is 18.3 Å². The van der Waals surface area contributed by atoms with Crippen LogP contribution in [-0.4, -0.2) is 29.6 Å². The van der Waals surface area contributed by atoms with Gasteiger partial charge in [0.1, 0.15) is 0 Å². The maximum Gasteiger partial charge on any atom is 0.416 e. The predicted molar refractivity (Wildman–Crippen MR) is 64.2 cm³/mol. The first-order valence-electron chi connectivity index (χ1n) is 5.59. The van der Waals surface area contributed by atoms with E-state index in [-0.39, 0.29) is 5.56 Å². The van der Waals surface area contributed by atoms with E-state index < -0.39 is 23.4 Å². The summed E-state index contributed by atoms with van der Waals surface area (Å²) >= 11 is 0. The Hall–Kier alpha value is -1.07. The SMILES string of the molecule is CN(C)C(C)(C)C(O)c1cccc(C(F)(F)F)c1. The standard InChI is InChI=1S/C13H18F3NO/c1-12(2,17(3)4)11(18)9-6-5-7-10(8-9)13(14,15)16/h5-8,11,18H,1-4H3. The fourth-order valence-electron chi connectivity index (χ4n) is 1.54. The van der Waals surface area contributed by atoms with Gasteiger partial charge in [-0.25, -0.2) is 0 Å². The predicted octanol–water partition coefficient (Wildman–Crippen LogP) is 3.08. The molecule has 0 saturated heterocycles. The summed E-state index contributed by atoms with van der Waals surface area (Å²) in [5.41, 5.74) is -1.12. The van der Waals surface area contributed by atoms with Crippen molar-refractivity contribution in [3.8, 4) is 0 Å². The maximum atomic E-state index is 12.6. The molecule has 0 bridgehead atoms. The van der Waals surface area contributed by atoms with Gasteiger partial charge >= 0.3 is 6.18 Å². The summed E-state index contributed by atoms with van der Waals surface area (Å²) in [6, 6.07) is 4.81. The Kier molecular flexibility index (Phi) is 4.08. The van der Waals surface area contributed by atoms with E-state index in [0.717, 1.165) is 12.1 Å². The second kappa shape index (κ2) is 4.90. The van der Waals surface area contributed by atoms with Crippen LogP contribution in [0, 0.1) is 0 Å². The fourth-order valence-corrected chi connectivity index (χ4v) is 1.54. The fraction of sp³-hybridized carbons (Fsp3) is 0.538. The van der Waals surface area contributed by atoms with Gasteiger partial charge in [-0.05, 0) is 45.6 Å². The van der Waals surface area contributed by atoms with Gasteiger partial charge in [-0.1, -0.05) is 12.1 Å². The minimum absolute atomic E-state index is 0.267. The Labute approximate surface area is 105 Å². The third kappa shape index (κ3) is 3.03. The van der Waals surface area contributed by atoms with Gasteiger partial charge in [-0.2, -0.15) is 13.2 Å². The molecular formula is C13H18F3NO. The van der Waals surface area contributed by atoms with Crippen molar-refractivity contribution in [1.29, 1.82) is 0 Å². The molecule has 18 heavy (non-hydrogen) atoms. The monoisotopic (exact) mass is 261 g/mol. The van der Waals surface area contributed by atoms with E-state index in [0.29, 0.717) is 0 Å². The van der Waals surface area contributed by atoms with Crippen molar-refractivity contribution in [2.45, 2.75) is 31.7 Å². The van der Waals surface area contributed by atoms with Gasteiger partial charge in [0.25, 0.3) is 0 Å². The molecule has 0 aliphatic rings. The molecule has 5 heteroatoms. The molecule has 0 aliphatic carbocycles. The second-order valence-corrected chi connectivity index (χ2v) is 5.07. The van der Waals surface area contributed by atoms with Crippen LogP contribution in [0.4, 0.5) is 13.2 Å². The number of likely N-dealkylation sites (N-methyl/N-ethyl adjacent to an activating group) is 1. The van der Waals surface area contributed by atoms with Gasteiger partial charge < -0.3 is 10.0 Å². The first-order chi connectivity index (χ1) is 8.06. The molecule has 0 amide bonds. The van der Waals surface area contributed by atoms with E-state index >= 15 is 0 Å². The van der Waals surface area contributed by atoms with Gasteiger partial charge in [0.05, 0.1) is 11.7 Å². The molecule has 1 unspecified atom stereocenters. The van der Waals surface area contributed by atoms with Crippen LogP contribution in [0.15, 0.2) is 24.3 Å². The lowest BCUT2D eigenvalue weighted by atomic mass is 9.89. The molecule has 1 aromatic rings. The zero-order valence-electron chi connectivity index (χ0n) is 10.9. The highest BCUT2D eigenvalue weighted by Gasteiger charge is 2.34. The van der Waals surface area contributed by atoms with Gasteiger partial charge in [0.2, 0.25) is 0 Å². The summed E-state index contributed by atoms with van der Waals surface area (Å²) in [7, 11) is 3.55. The molecule has 0 radical (unpaired) electrons. The lowest BCUT2D eigenvalue weighted by Gasteiger charge is -2.37. The normalized spacial score (nSPS) is 14.9. The average molecular weight is 261 g/mol. The van der Waals surface area contributed by atoms with E-state index in [4.69, 9.17) is 0 Å². The quantitative estimate of drug-likeness (QED) is 0.903. The van der Waals surface area contributed by atoms with Gasteiger partial charge in [0, 0.05) is 5.54 Å². The summed E-state index contributed by atoms with van der Waals surface area (Å²) < 4.78 is 37.8. The average Bonchev–Trinajstić information content (AvgIpc) is 2.26. The van der Waals surface area contributed by atoms with Crippen molar-refractivity contribution < 1.29 is 18.3 Å². The third-order valence-corrected chi connectivity index (χ3v) is 3.35. The number of halogens is 3. The van der Waals surface area contributed by atoms with Crippen LogP contribution < -0.4 is 0 Å². The molecule has 1 rings (SSSR count). The van der Waals surface area contributed by atoms with Crippen LogP contribution >= 0.6 is 0 Å².